The summed E-state index contributed by atoms with van der Waals surface area (Å²) >= 11 is 5.75. The molecule has 1 aliphatic heterocycles. The minimum atomic E-state index is -3.86. The van der Waals surface area contributed by atoms with Crippen LogP contribution >= 0.6 is 11.6 Å². The second-order valence-electron chi connectivity index (χ2n) is 10.6. The van der Waals surface area contributed by atoms with Crippen molar-refractivity contribution in [2.75, 3.05) is 6.54 Å². The van der Waals surface area contributed by atoms with E-state index in [9.17, 15) is 23.8 Å². The van der Waals surface area contributed by atoms with Gasteiger partial charge in [-0.15, -0.1) is 0 Å². The topological polar surface area (TPSA) is 114 Å². The minimum Gasteiger partial charge on any atom is -0.481 e. The number of primary amides is 1. The number of carbonyl (C=O) groups is 1. The molecule has 220 valence electrons. The molecule has 12 heteroatoms. The highest BCUT2D eigenvalue weighted by atomic mass is 35.5. The fourth-order valence-corrected chi connectivity index (χ4v) is 6.30. The predicted octanol–water partition coefficient (Wildman–Crippen LogP) is 4.56. The number of nitrogens with two attached hydrogens (primary N) is 1. The third kappa shape index (κ3) is 5.43. The first-order valence-corrected chi connectivity index (χ1v) is 13.6. The van der Waals surface area contributed by atoms with Crippen molar-refractivity contribution >= 4 is 17.5 Å². The molecule has 0 spiro atoms. The number of hydrogen-bond acceptors (Lipinski definition) is 6. The van der Waals surface area contributed by atoms with E-state index in [1.54, 1.807) is 6.07 Å². The van der Waals surface area contributed by atoms with Crippen LogP contribution in [0.15, 0.2) is 70.7 Å². The van der Waals surface area contributed by atoms with Crippen LogP contribution in [0.2, 0.25) is 0 Å². The van der Waals surface area contributed by atoms with E-state index in [1.165, 1.54) is 12.1 Å². The number of fused-ring (bicyclic) bond motifs is 1. The summed E-state index contributed by atoms with van der Waals surface area (Å²) in [7, 11) is 0. The zero-order chi connectivity index (χ0) is 29.5. The minimum absolute atomic E-state index is 0.0909. The van der Waals surface area contributed by atoms with Gasteiger partial charge in [-0.05, 0) is 42.9 Å². The van der Waals surface area contributed by atoms with Crippen molar-refractivity contribution in [3.8, 4) is 5.75 Å². The fraction of sp³-hybridized carbons (Fsp3) is 0.414. The number of amides is 1. The molecule has 3 aliphatic rings. The first-order chi connectivity index (χ1) is 19.4. The molecule has 0 saturated heterocycles. The molecule has 0 aromatic heterocycles. The summed E-state index contributed by atoms with van der Waals surface area (Å²) in [5.41, 5.74) is 4.33. The van der Waals surface area contributed by atoms with Gasteiger partial charge in [-0.2, -0.15) is 8.78 Å². The maximum atomic E-state index is 16.2. The third-order valence-electron chi connectivity index (χ3n) is 8.01. The van der Waals surface area contributed by atoms with E-state index in [0.717, 1.165) is 18.4 Å². The molecule has 5 N–H and O–H groups in total. The Hall–Kier alpha value is -3.12. The lowest BCUT2D eigenvalue weighted by Crippen LogP contribution is -2.47. The number of ether oxygens (including phenoxy) is 2. The van der Waals surface area contributed by atoms with E-state index >= 15 is 8.78 Å². The Morgan fingerprint density at radius 3 is 2.46 bits per heavy atom. The van der Waals surface area contributed by atoms with Gasteiger partial charge < -0.3 is 30.7 Å². The molecule has 2 aromatic carbocycles. The molecule has 2 aliphatic carbocycles. The van der Waals surface area contributed by atoms with Crippen LogP contribution in [0.5, 0.6) is 5.75 Å². The lowest BCUT2D eigenvalue weighted by atomic mass is 9.76. The molecular weight excluding hydrogens is 568 g/mol. The number of rotatable bonds is 8. The van der Waals surface area contributed by atoms with Gasteiger partial charge in [0.1, 0.15) is 10.8 Å². The van der Waals surface area contributed by atoms with E-state index < -0.39 is 52.1 Å². The van der Waals surface area contributed by atoms with Crippen molar-refractivity contribution in [1.29, 1.82) is 0 Å². The normalized spacial score (nSPS) is 29.9. The van der Waals surface area contributed by atoms with Gasteiger partial charge in [-0.25, -0.2) is 8.78 Å². The van der Waals surface area contributed by atoms with Crippen molar-refractivity contribution in [3.05, 3.63) is 87.4 Å². The first-order valence-electron chi connectivity index (χ1n) is 13.2. The van der Waals surface area contributed by atoms with E-state index in [1.807, 2.05) is 30.3 Å². The van der Waals surface area contributed by atoms with Crippen molar-refractivity contribution in [2.45, 2.75) is 68.2 Å². The molecule has 0 bridgehead atoms. The summed E-state index contributed by atoms with van der Waals surface area (Å²) in [6.07, 6.45) is 2.58. The summed E-state index contributed by atoms with van der Waals surface area (Å²) < 4.78 is 68.4. The zero-order valence-electron chi connectivity index (χ0n) is 21.8. The summed E-state index contributed by atoms with van der Waals surface area (Å²) in [5, 5.41) is 23.0. The Morgan fingerprint density at radius 2 is 1.83 bits per heavy atom. The molecule has 1 unspecified atom stereocenters. The molecular formula is C29H29ClF4N2O5. The van der Waals surface area contributed by atoms with Crippen LogP contribution in [0.25, 0.3) is 0 Å². The third-order valence-corrected chi connectivity index (χ3v) is 8.35. The quantitative estimate of drug-likeness (QED) is 0.332. The zero-order valence-corrected chi connectivity index (χ0v) is 22.5. The molecule has 7 nitrogen and oxygen atoms in total. The number of nitrogens with one attached hydrogen (secondary N) is 1. The van der Waals surface area contributed by atoms with Gasteiger partial charge in [0, 0.05) is 24.6 Å². The van der Waals surface area contributed by atoms with Crippen LogP contribution in [0.3, 0.4) is 0 Å². The molecule has 0 radical (unpaired) electrons. The lowest BCUT2D eigenvalue weighted by molar-refractivity contribution is -0.172. The van der Waals surface area contributed by atoms with Crippen molar-refractivity contribution in [2.24, 2.45) is 5.73 Å². The molecule has 1 amide bonds. The van der Waals surface area contributed by atoms with Gasteiger partial charge in [0.25, 0.3) is 5.85 Å². The SMILES string of the molecule is NC(=O)C1=C(F)C(Cl)=C(OC(F)F)[C@@](O)(F)[C@H]1c1cccc2c1CC(CN[C@H]1CC[C@H](O)CC1)(c1ccccc1)O2. The smallest absolute Gasteiger partial charge is 0.387 e. The standard InChI is InChI=1S/C29H29ClF4N2O5/c30-23-24(31)21(26(35)38)22(29(34,39)25(23)40-27(32)33)18-7-4-8-20-19(18)13-28(41-20,15-5-2-1-3-6-15)14-36-16-9-11-17(37)12-10-16/h1-8,16-17,22,27,36-37,39H,9-14H2,(H2,35,38)/t16-,17-,22-,28?,29+/m0/s1. The van der Waals surface area contributed by atoms with E-state index in [2.05, 4.69) is 10.1 Å². The summed E-state index contributed by atoms with van der Waals surface area (Å²) in [5.74, 6) is -10.4. The van der Waals surface area contributed by atoms with Crippen LogP contribution < -0.4 is 15.8 Å². The van der Waals surface area contributed by atoms with Crippen LogP contribution in [0.1, 0.15) is 48.3 Å². The number of aliphatic hydroxyl groups is 2. The molecule has 5 rings (SSSR count). The van der Waals surface area contributed by atoms with Crippen LogP contribution in [-0.2, 0) is 21.6 Å². The summed E-state index contributed by atoms with van der Waals surface area (Å²) in [6.45, 7) is -3.35. The monoisotopic (exact) mass is 596 g/mol. The highest BCUT2D eigenvalue weighted by molar-refractivity contribution is 6.32. The number of aliphatic hydroxyl groups excluding tert-OH is 1. The van der Waals surface area contributed by atoms with Crippen molar-refractivity contribution in [3.63, 3.8) is 0 Å². The number of allylic oxidation sites excluding steroid dienone is 2. The van der Waals surface area contributed by atoms with Gasteiger partial charge in [0.15, 0.2) is 17.2 Å². The average molecular weight is 597 g/mol. The Bertz CT molecular complexity index is 1380. The highest BCUT2D eigenvalue weighted by Gasteiger charge is 2.56. The van der Waals surface area contributed by atoms with E-state index in [-0.39, 0.29) is 29.9 Å². The Balaban J connectivity index is 1.57. The van der Waals surface area contributed by atoms with Gasteiger partial charge in [-0.1, -0.05) is 54.1 Å². The number of halogens is 5. The Kier molecular flexibility index (Phi) is 8.08. The fourth-order valence-electron chi connectivity index (χ4n) is 6.02. The van der Waals surface area contributed by atoms with Crippen LogP contribution in [0, 0.1) is 0 Å². The largest absolute Gasteiger partial charge is 0.481 e. The van der Waals surface area contributed by atoms with Gasteiger partial charge in [0.05, 0.1) is 17.6 Å². The second-order valence-corrected chi connectivity index (χ2v) is 10.9. The van der Waals surface area contributed by atoms with E-state index in [4.69, 9.17) is 22.1 Å². The van der Waals surface area contributed by atoms with Gasteiger partial charge in [-0.3, -0.25) is 4.79 Å². The number of benzene rings is 2. The van der Waals surface area contributed by atoms with Crippen LogP contribution in [-0.4, -0.2) is 47.3 Å². The molecule has 41 heavy (non-hydrogen) atoms. The lowest BCUT2D eigenvalue weighted by Gasteiger charge is -2.36. The average Bonchev–Trinajstić information content (AvgIpc) is 3.33. The number of carbonyl (C=O) groups excluding carboxylic acids is 1. The number of alkyl halides is 3. The molecule has 1 fully saturated rings. The number of hydrogen-bond donors (Lipinski definition) is 4. The highest BCUT2D eigenvalue weighted by Crippen LogP contribution is 2.54. The molecule has 1 saturated carbocycles. The van der Waals surface area contributed by atoms with Crippen molar-refractivity contribution < 1.29 is 42.0 Å². The molecule has 2 aromatic rings. The predicted molar refractivity (Wildman–Crippen MR) is 141 cm³/mol. The molecule has 3 atom stereocenters. The maximum absolute atomic E-state index is 16.2. The molecule has 1 heterocycles. The van der Waals surface area contributed by atoms with Crippen LogP contribution in [0.4, 0.5) is 17.6 Å². The maximum Gasteiger partial charge on any atom is 0.387 e. The van der Waals surface area contributed by atoms with Gasteiger partial charge >= 0.3 is 6.61 Å². The Labute approximate surface area is 238 Å². The van der Waals surface area contributed by atoms with E-state index in [0.29, 0.717) is 24.9 Å². The second kappa shape index (κ2) is 11.3. The van der Waals surface area contributed by atoms with Gasteiger partial charge in [0.2, 0.25) is 5.91 Å². The summed E-state index contributed by atoms with van der Waals surface area (Å²) in [4.78, 5) is 12.4. The first kappa shape index (κ1) is 29.4. The summed E-state index contributed by atoms with van der Waals surface area (Å²) in [6, 6.07) is 13.7. The van der Waals surface area contributed by atoms with Crippen molar-refractivity contribution in [1.82, 2.24) is 5.32 Å². The Morgan fingerprint density at radius 1 is 1.15 bits per heavy atom.